The zero-order chi connectivity index (χ0) is 20.8. The first-order chi connectivity index (χ1) is 14.6. The SMILES string of the molecule is CC[C@H]1c2cccn2-c2sc3c(c2CN1C(=O)Nc1cccc(Cl)c1C)CCCC3. The Bertz CT molecular complexity index is 1120. The van der Waals surface area contributed by atoms with Gasteiger partial charge in [0.1, 0.15) is 5.00 Å². The van der Waals surface area contributed by atoms with Gasteiger partial charge < -0.3 is 14.8 Å². The van der Waals surface area contributed by atoms with Gasteiger partial charge >= 0.3 is 6.03 Å². The number of hydrogen-bond acceptors (Lipinski definition) is 2. The molecule has 0 saturated carbocycles. The van der Waals surface area contributed by atoms with Crippen molar-refractivity contribution in [1.29, 1.82) is 0 Å². The number of carbonyl (C=O) groups is 1. The predicted octanol–water partition coefficient (Wildman–Crippen LogP) is 6.88. The fraction of sp³-hybridized carbons (Fsp3) is 0.375. The molecule has 156 valence electrons. The van der Waals surface area contributed by atoms with Crippen LogP contribution in [-0.2, 0) is 19.4 Å². The maximum atomic E-state index is 13.6. The van der Waals surface area contributed by atoms with Gasteiger partial charge in [0.2, 0.25) is 0 Å². The van der Waals surface area contributed by atoms with Gasteiger partial charge in [-0.2, -0.15) is 0 Å². The monoisotopic (exact) mass is 439 g/mol. The molecule has 1 aliphatic heterocycles. The lowest BCUT2D eigenvalue weighted by Gasteiger charge is -2.30. The van der Waals surface area contributed by atoms with E-state index in [1.165, 1.54) is 39.5 Å². The lowest BCUT2D eigenvalue weighted by molar-refractivity contribution is 0.181. The van der Waals surface area contributed by atoms with Crippen LogP contribution in [0.5, 0.6) is 0 Å². The van der Waals surface area contributed by atoms with Crippen LogP contribution in [-0.4, -0.2) is 15.5 Å². The third-order valence-corrected chi connectivity index (χ3v) is 8.20. The Kier molecular flexibility index (Phi) is 5.11. The molecular weight excluding hydrogens is 414 g/mol. The summed E-state index contributed by atoms with van der Waals surface area (Å²) in [7, 11) is 0. The van der Waals surface area contributed by atoms with Crippen molar-refractivity contribution < 1.29 is 4.79 Å². The van der Waals surface area contributed by atoms with Gasteiger partial charge in [-0.1, -0.05) is 24.6 Å². The molecule has 1 aliphatic carbocycles. The number of benzene rings is 1. The number of rotatable bonds is 2. The molecule has 3 heterocycles. The van der Waals surface area contributed by atoms with E-state index in [9.17, 15) is 4.79 Å². The Morgan fingerprint density at radius 1 is 1.20 bits per heavy atom. The molecule has 0 radical (unpaired) electrons. The van der Waals surface area contributed by atoms with Gasteiger partial charge in [-0.05, 0) is 74.4 Å². The average Bonchev–Trinajstić information content (AvgIpc) is 3.33. The van der Waals surface area contributed by atoms with E-state index in [4.69, 9.17) is 11.6 Å². The summed E-state index contributed by atoms with van der Waals surface area (Å²) in [5, 5.41) is 5.10. The maximum absolute atomic E-state index is 13.6. The van der Waals surface area contributed by atoms with Crippen molar-refractivity contribution in [3.63, 3.8) is 0 Å². The molecule has 3 aromatic rings. The second-order valence-corrected chi connectivity index (χ2v) is 9.68. The first kappa shape index (κ1) is 19.7. The molecule has 5 rings (SSSR count). The Labute approximate surface area is 186 Å². The number of carbonyl (C=O) groups excluding carboxylic acids is 1. The van der Waals surface area contributed by atoms with Gasteiger partial charge in [-0.3, -0.25) is 0 Å². The van der Waals surface area contributed by atoms with E-state index in [1.54, 1.807) is 0 Å². The van der Waals surface area contributed by atoms with E-state index in [0.29, 0.717) is 11.6 Å². The third-order valence-electron chi connectivity index (χ3n) is 6.46. The van der Waals surface area contributed by atoms with Crippen LogP contribution in [0.25, 0.3) is 5.00 Å². The topological polar surface area (TPSA) is 37.3 Å². The number of aryl methyl sites for hydroxylation is 1. The number of thiophene rings is 1. The minimum atomic E-state index is -0.0661. The van der Waals surface area contributed by atoms with E-state index in [2.05, 4.69) is 35.1 Å². The zero-order valence-electron chi connectivity index (χ0n) is 17.4. The van der Waals surface area contributed by atoms with Crippen LogP contribution >= 0.6 is 22.9 Å². The summed E-state index contributed by atoms with van der Waals surface area (Å²) in [6, 6.07) is 9.86. The van der Waals surface area contributed by atoms with Crippen molar-refractivity contribution in [1.82, 2.24) is 9.47 Å². The van der Waals surface area contributed by atoms with Crippen molar-refractivity contribution in [3.05, 3.63) is 68.8 Å². The Morgan fingerprint density at radius 3 is 2.87 bits per heavy atom. The molecule has 1 N–H and O–H groups in total. The Balaban J connectivity index is 1.57. The van der Waals surface area contributed by atoms with Gasteiger partial charge in [0, 0.05) is 33.0 Å². The number of aromatic nitrogens is 1. The highest BCUT2D eigenvalue weighted by atomic mass is 35.5. The fourth-order valence-electron chi connectivity index (χ4n) is 4.84. The van der Waals surface area contributed by atoms with E-state index in [0.717, 1.165) is 30.5 Å². The highest BCUT2D eigenvalue weighted by Crippen LogP contribution is 2.43. The second kappa shape index (κ2) is 7.78. The lowest BCUT2D eigenvalue weighted by Crippen LogP contribution is -2.37. The quantitative estimate of drug-likeness (QED) is 0.464. The van der Waals surface area contributed by atoms with Crippen molar-refractivity contribution >= 4 is 34.7 Å². The van der Waals surface area contributed by atoms with Gasteiger partial charge in [0.25, 0.3) is 0 Å². The van der Waals surface area contributed by atoms with Gasteiger partial charge in [0.15, 0.2) is 0 Å². The normalized spacial score (nSPS) is 17.7. The molecule has 0 unspecified atom stereocenters. The standard InChI is InChI=1S/C24H26ClN3OS/c1-3-20-21-11-7-13-27(21)23-17(16-8-4-5-12-22(16)30-23)14-28(20)24(29)26-19-10-6-9-18(25)15(19)2/h6-7,9-11,13,20H,3-5,8,12,14H2,1-2H3,(H,26,29)/t20-/m0/s1. The summed E-state index contributed by atoms with van der Waals surface area (Å²) in [6.07, 6.45) is 7.80. The summed E-state index contributed by atoms with van der Waals surface area (Å²) >= 11 is 8.20. The van der Waals surface area contributed by atoms with Gasteiger partial charge in [-0.25, -0.2) is 4.79 Å². The summed E-state index contributed by atoms with van der Waals surface area (Å²) in [5.74, 6) is 0. The molecule has 0 saturated heterocycles. The minimum absolute atomic E-state index is 0.0262. The molecule has 1 aromatic carbocycles. The molecule has 0 bridgehead atoms. The molecule has 0 fully saturated rings. The van der Waals surface area contributed by atoms with E-state index < -0.39 is 0 Å². The molecule has 6 heteroatoms. The maximum Gasteiger partial charge on any atom is 0.322 e. The molecule has 0 spiro atoms. The number of anilines is 1. The van der Waals surface area contributed by atoms with Crippen LogP contribution in [0.1, 0.15) is 59.5 Å². The molecule has 1 atom stereocenters. The fourth-order valence-corrected chi connectivity index (χ4v) is 6.42. The Morgan fingerprint density at radius 2 is 2.03 bits per heavy atom. The minimum Gasteiger partial charge on any atom is -0.312 e. The van der Waals surface area contributed by atoms with Crippen molar-refractivity contribution in [2.24, 2.45) is 0 Å². The molecule has 30 heavy (non-hydrogen) atoms. The summed E-state index contributed by atoms with van der Waals surface area (Å²) in [4.78, 5) is 17.1. The highest BCUT2D eigenvalue weighted by Gasteiger charge is 2.34. The van der Waals surface area contributed by atoms with Crippen molar-refractivity contribution in [3.8, 4) is 5.00 Å². The molecule has 2 aliphatic rings. The van der Waals surface area contributed by atoms with Gasteiger partial charge in [-0.15, -0.1) is 11.3 Å². The van der Waals surface area contributed by atoms with Gasteiger partial charge in [0.05, 0.1) is 12.6 Å². The summed E-state index contributed by atoms with van der Waals surface area (Å²) in [5.41, 5.74) is 5.67. The zero-order valence-corrected chi connectivity index (χ0v) is 18.9. The number of hydrogen-bond donors (Lipinski definition) is 1. The van der Waals surface area contributed by atoms with Crippen molar-refractivity contribution in [2.75, 3.05) is 5.32 Å². The number of nitrogens with zero attached hydrogens (tertiary/aromatic N) is 2. The number of halogens is 1. The first-order valence-electron chi connectivity index (χ1n) is 10.7. The van der Waals surface area contributed by atoms with Crippen LogP contribution in [0.15, 0.2) is 36.5 Å². The summed E-state index contributed by atoms with van der Waals surface area (Å²) < 4.78 is 2.32. The van der Waals surface area contributed by atoms with E-state index >= 15 is 0 Å². The molecule has 2 amide bonds. The van der Waals surface area contributed by atoms with E-state index in [1.807, 2.05) is 41.4 Å². The first-order valence-corrected chi connectivity index (χ1v) is 11.9. The predicted molar refractivity (Wildman–Crippen MR) is 124 cm³/mol. The van der Waals surface area contributed by atoms with Crippen LogP contribution in [0.4, 0.5) is 10.5 Å². The number of amides is 2. The van der Waals surface area contributed by atoms with Crippen molar-refractivity contribution in [2.45, 2.75) is 58.5 Å². The van der Waals surface area contributed by atoms with E-state index in [-0.39, 0.29) is 12.1 Å². The second-order valence-electron chi connectivity index (χ2n) is 8.19. The smallest absolute Gasteiger partial charge is 0.312 e. The third kappa shape index (κ3) is 3.15. The largest absolute Gasteiger partial charge is 0.322 e. The Hall–Kier alpha value is -2.24. The van der Waals surface area contributed by atoms with Crippen LogP contribution in [0, 0.1) is 6.92 Å². The highest BCUT2D eigenvalue weighted by molar-refractivity contribution is 7.15. The number of fused-ring (bicyclic) bond motifs is 5. The van der Waals surface area contributed by atoms with Crippen LogP contribution < -0.4 is 5.32 Å². The molecular formula is C24H26ClN3OS. The average molecular weight is 440 g/mol. The molecule has 4 nitrogen and oxygen atoms in total. The van der Waals surface area contributed by atoms with Crippen LogP contribution in [0.3, 0.4) is 0 Å². The molecule has 2 aromatic heterocycles. The number of urea groups is 1. The van der Waals surface area contributed by atoms with Crippen LogP contribution in [0.2, 0.25) is 5.02 Å². The summed E-state index contributed by atoms with van der Waals surface area (Å²) in [6.45, 7) is 4.74. The number of nitrogens with one attached hydrogen (secondary N) is 1. The lowest BCUT2D eigenvalue weighted by atomic mass is 9.95.